The van der Waals surface area contributed by atoms with E-state index in [2.05, 4.69) is 5.32 Å². The number of halogens is 1. The molecule has 13 heavy (non-hydrogen) atoms. The Hall–Kier alpha value is -1.09. The molecule has 1 aromatic rings. The normalized spacial score (nSPS) is 27.5. The molecule has 0 bridgehead atoms. The van der Waals surface area contributed by atoms with Gasteiger partial charge in [0.1, 0.15) is 6.17 Å². The summed E-state index contributed by atoms with van der Waals surface area (Å²) in [5.41, 5.74) is 0.900. The summed E-state index contributed by atoms with van der Waals surface area (Å²) in [6, 6.07) is 9.53. The lowest BCUT2D eigenvalue weighted by Crippen LogP contribution is -2.26. The van der Waals surface area contributed by atoms with E-state index in [0.29, 0.717) is 13.0 Å². The van der Waals surface area contributed by atoms with Gasteiger partial charge in [0.2, 0.25) is 0 Å². The highest BCUT2D eigenvalue weighted by Gasteiger charge is 2.27. The second-order valence-corrected chi connectivity index (χ2v) is 3.11. The van der Waals surface area contributed by atoms with Crippen molar-refractivity contribution in [2.75, 3.05) is 11.9 Å². The summed E-state index contributed by atoms with van der Waals surface area (Å²) in [6.07, 6.45) is -0.868. The third-order valence-electron chi connectivity index (χ3n) is 2.10. The lowest BCUT2D eigenvalue weighted by molar-refractivity contribution is 0.0995. The summed E-state index contributed by atoms with van der Waals surface area (Å²) >= 11 is 0. The summed E-state index contributed by atoms with van der Waals surface area (Å²) < 4.78 is 18.3. The van der Waals surface area contributed by atoms with Crippen molar-refractivity contribution in [1.82, 2.24) is 0 Å². The highest BCUT2D eigenvalue weighted by atomic mass is 19.1. The van der Waals surface area contributed by atoms with Gasteiger partial charge < -0.3 is 10.1 Å². The monoisotopic (exact) mass is 181 g/mol. The quantitative estimate of drug-likeness (QED) is 0.755. The van der Waals surface area contributed by atoms with Crippen LogP contribution in [-0.2, 0) is 4.74 Å². The standard InChI is InChI=1S/C10H12FNO/c11-9-6-7-13-10(9)12-8-4-2-1-3-5-8/h1-5,9-10,12H,6-7H2. The maximum atomic E-state index is 13.1. The largest absolute Gasteiger partial charge is 0.358 e. The van der Waals surface area contributed by atoms with Gasteiger partial charge in [0.15, 0.2) is 6.23 Å². The molecule has 1 aliphatic heterocycles. The van der Waals surface area contributed by atoms with Crippen molar-refractivity contribution in [3.05, 3.63) is 30.3 Å². The number of ether oxygens (including phenoxy) is 1. The van der Waals surface area contributed by atoms with Gasteiger partial charge in [0, 0.05) is 12.1 Å². The molecule has 1 aromatic carbocycles. The number of rotatable bonds is 2. The lowest BCUT2D eigenvalue weighted by atomic mass is 10.2. The smallest absolute Gasteiger partial charge is 0.159 e. The van der Waals surface area contributed by atoms with E-state index in [0.717, 1.165) is 5.69 Å². The molecule has 0 aliphatic carbocycles. The van der Waals surface area contributed by atoms with Crippen LogP contribution in [0.25, 0.3) is 0 Å². The van der Waals surface area contributed by atoms with Crippen LogP contribution < -0.4 is 5.32 Å². The Kier molecular flexibility index (Phi) is 2.45. The van der Waals surface area contributed by atoms with Gasteiger partial charge >= 0.3 is 0 Å². The van der Waals surface area contributed by atoms with Gasteiger partial charge in [0.25, 0.3) is 0 Å². The van der Waals surface area contributed by atoms with Crippen molar-refractivity contribution in [3.8, 4) is 0 Å². The number of nitrogens with one attached hydrogen (secondary N) is 1. The van der Waals surface area contributed by atoms with Crippen LogP contribution in [0.1, 0.15) is 6.42 Å². The third-order valence-corrected chi connectivity index (χ3v) is 2.10. The summed E-state index contributed by atoms with van der Waals surface area (Å²) in [4.78, 5) is 0. The van der Waals surface area contributed by atoms with Crippen molar-refractivity contribution < 1.29 is 9.13 Å². The van der Waals surface area contributed by atoms with Crippen LogP contribution in [0, 0.1) is 0 Å². The second kappa shape index (κ2) is 3.75. The average molecular weight is 181 g/mol. The number of hydrogen-bond donors (Lipinski definition) is 1. The van der Waals surface area contributed by atoms with E-state index < -0.39 is 12.4 Å². The molecule has 0 radical (unpaired) electrons. The predicted molar refractivity (Wildman–Crippen MR) is 49.3 cm³/mol. The van der Waals surface area contributed by atoms with Crippen LogP contribution in [0.15, 0.2) is 30.3 Å². The SMILES string of the molecule is FC1CCOC1Nc1ccccc1. The number of anilines is 1. The van der Waals surface area contributed by atoms with Gasteiger partial charge in [-0.1, -0.05) is 18.2 Å². The van der Waals surface area contributed by atoms with Crippen LogP contribution >= 0.6 is 0 Å². The Morgan fingerprint density at radius 2 is 2.08 bits per heavy atom. The molecule has 1 saturated heterocycles. The highest BCUT2D eigenvalue weighted by Crippen LogP contribution is 2.19. The first-order valence-electron chi connectivity index (χ1n) is 4.43. The molecule has 1 fully saturated rings. The second-order valence-electron chi connectivity index (χ2n) is 3.11. The fraction of sp³-hybridized carbons (Fsp3) is 0.400. The van der Waals surface area contributed by atoms with Crippen molar-refractivity contribution >= 4 is 5.69 Å². The molecule has 0 saturated carbocycles. The molecule has 1 N–H and O–H groups in total. The molecule has 1 aliphatic rings. The number of benzene rings is 1. The first kappa shape index (κ1) is 8.51. The van der Waals surface area contributed by atoms with Crippen LogP contribution in [0.5, 0.6) is 0 Å². The first-order chi connectivity index (χ1) is 6.36. The van der Waals surface area contributed by atoms with Gasteiger partial charge in [-0.2, -0.15) is 0 Å². The van der Waals surface area contributed by atoms with Crippen LogP contribution in [0.4, 0.5) is 10.1 Å². The van der Waals surface area contributed by atoms with E-state index in [-0.39, 0.29) is 0 Å². The number of para-hydroxylation sites is 1. The maximum absolute atomic E-state index is 13.1. The van der Waals surface area contributed by atoms with Crippen LogP contribution in [-0.4, -0.2) is 19.0 Å². The predicted octanol–water partition coefficient (Wildman–Crippen LogP) is 2.18. The van der Waals surface area contributed by atoms with E-state index in [1.165, 1.54) is 0 Å². The minimum Gasteiger partial charge on any atom is -0.358 e. The Labute approximate surface area is 76.7 Å². The molecule has 2 unspecified atom stereocenters. The van der Waals surface area contributed by atoms with Gasteiger partial charge in [-0.3, -0.25) is 0 Å². The van der Waals surface area contributed by atoms with E-state index in [1.54, 1.807) is 0 Å². The molecule has 70 valence electrons. The molecule has 1 heterocycles. The van der Waals surface area contributed by atoms with Crippen molar-refractivity contribution in [1.29, 1.82) is 0 Å². The molecular formula is C10H12FNO. The summed E-state index contributed by atoms with van der Waals surface area (Å²) in [6.45, 7) is 0.506. The molecule has 2 rings (SSSR count). The third kappa shape index (κ3) is 1.98. The Morgan fingerprint density at radius 3 is 2.69 bits per heavy atom. The van der Waals surface area contributed by atoms with Crippen LogP contribution in [0.2, 0.25) is 0 Å². The molecule has 0 amide bonds. The molecule has 0 aromatic heterocycles. The Balaban J connectivity index is 1.98. The maximum Gasteiger partial charge on any atom is 0.159 e. The van der Waals surface area contributed by atoms with E-state index in [1.807, 2.05) is 30.3 Å². The Morgan fingerprint density at radius 1 is 1.31 bits per heavy atom. The van der Waals surface area contributed by atoms with Crippen molar-refractivity contribution in [3.63, 3.8) is 0 Å². The summed E-state index contributed by atoms with van der Waals surface area (Å²) in [5.74, 6) is 0. The highest BCUT2D eigenvalue weighted by molar-refractivity contribution is 5.43. The Bertz CT molecular complexity index is 265. The van der Waals surface area contributed by atoms with E-state index in [4.69, 9.17) is 4.74 Å². The summed E-state index contributed by atoms with van der Waals surface area (Å²) in [7, 11) is 0. The zero-order valence-corrected chi connectivity index (χ0v) is 7.24. The average Bonchev–Trinajstić information content (AvgIpc) is 2.54. The molecule has 2 atom stereocenters. The van der Waals surface area contributed by atoms with Crippen LogP contribution in [0.3, 0.4) is 0 Å². The lowest BCUT2D eigenvalue weighted by Gasteiger charge is -2.15. The zero-order valence-electron chi connectivity index (χ0n) is 7.24. The molecule has 3 heteroatoms. The number of alkyl halides is 1. The topological polar surface area (TPSA) is 21.3 Å². The fourth-order valence-electron chi connectivity index (χ4n) is 1.39. The zero-order chi connectivity index (χ0) is 9.10. The molecular weight excluding hydrogens is 169 g/mol. The number of hydrogen-bond acceptors (Lipinski definition) is 2. The fourth-order valence-corrected chi connectivity index (χ4v) is 1.39. The van der Waals surface area contributed by atoms with E-state index in [9.17, 15) is 4.39 Å². The van der Waals surface area contributed by atoms with Gasteiger partial charge in [-0.15, -0.1) is 0 Å². The van der Waals surface area contributed by atoms with Crippen molar-refractivity contribution in [2.24, 2.45) is 0 Å². The van der Waals surface area contributed by atoms with Gasteiger partial charge in [-0.05, 0) is 12.1 Å². The first-order valence-corrected chi connectivity index (χ1v) is 4.43. The summed E-state index contributed by atoms with van der Waals surface area (Å²) in [5, 5.41) is 2.99. The van der Waals surface area contributed by atoms with Crippen molar-refractivity contribution in [2.45, 2.75) is 18.8 Å². The minimum absolute atomic E-state index is 0.470. The van der Waals surface area contributed by atoms with Gasteiger partial charge in [-0.25, -0.2) is 4.39 Å². The van der Waals surface area contributed by atoms with E-state index >= 15 is 0 Å². The minimum atomic E-state index is -0.889. The molecule has 2 nitrogen and oxygen atoms in total. The van der Waals surface area contributed by atoms with Gasteiger partial charge in [0.05, 0.1) is 6.61 Å². The molecule has 0 spiro atoms.